The Labute approximate surface area is 104 Å². The van der Waals surface area contributed by atoms with E-state index >= 15 is 0 Å². The number of ether oxygens (including phenoxy) is 2. The van der Waals surface area contributed by atoms with Gasteiger partial charge in [-0.2, -0.15) is 0 Å². The van der Waals surface area contributed by atoms with Crippen molar-refractivity contribution in [3.8, 4) is 0 Å². The van der Waals surface area contributed by atoms with Crippen molar-refractivity contribution in [1.82, 2.24) is 0 Å². The van der Waals surface area contributed by atoms with Crippen molar-refractivity contribution < 1.29 is 9.47 Å². The zero-order valence-corrected chi connectivity index (χ0v) is 10.8. The molecule has 0 bridgehead atoms. The molecular formula is C13H23ClO2. The Balaban J connectivity index is 1.69. The van der Waals surface area contributed by atoms with Crippen molar-refractivity contribution in [2.75, 3.05) is 25.7 Å². The van der Waals surface area contributed by atoms with Gasteiger partial charge < -0.3 is 9.47 Å². The minimum absolute atomic E-state index is 0.262. The standard InChI is InChI=1S/C13H23ClO2/c14-10-13(7-3-8-15-11-13)6-1-4-12-5-2-9-16-12/h12H,1-11H2. The second-order valence-electron chi connectivity index (χ2n) is 5.32. The molecule has 16 heavy (non-hydrogen) atoms. The lowest BCUT2D eigenvalue weighted by atomic mass is 9.79. The number of alkyl halides is 1. The second-order valence-corrected chi connectivity index (χ2v) is 5.58. The van der Waals surface area contributed by atoms with Crippen LogP contribution in [0.3, 0.4) is 0 Å². The van der Waals surface area contributed by atoms with E-state index in [1.165, 1.54) is 44.9 Å². The molecule has 2 nitrogen and oxygen atoms in total. The first kappa shape index (κ1) is 12.7. The van der Waals surface area contributed by atoms with E-state index in [1.54, 1.807) is 0 Å². The van der Waals surface area contributed by atoms with Crippen LogP contribution in [0, 0.1) is 5.41 Å². The molecule has 2 rings (SSSR count). The molecule has 2 saturated heterocycles. The van der Waals surface area contributed by atoms with Crippen LogP contribution in [0.5, 0.6) is 0 Å². The van der Waals surface area contributed by atoms with Gasteiger partial charge in [0, 0.05) is 24.5 Å². The fourth-order valence-electron chi connectivity index (χ4n) is 2.86. The van der Waals surface area contributed by atoms with E-state index < -0.39 is 0 Å². The van der Waals surface area contributed by atoms with Crippen LogP contribution in [0.1, 0.15) is 44.9 Å². The third-order valence-electron chi connectivity index (χ3n) is 3.94. The van der Waals surface area contributed by atoms with Gasteiger partial charge in [-0.05, 0) is 38.5 Å². The molecule has 0 aromatic heterocycles. The summed E-state index contributed by atoms with van der Waals surface area (Å²) < 4.78 is 11.2. The summed E-state index contributed by atoms with van der Waals surface area (Å²) in [6, 6.07) is 0. The van der Waals surface area contributed by atoms with Crippen molar-refractivity contribution in [2.24, 2.45) is 5.41 Å². The highest BCUT2D eigenvalue weighted by molar-refractivity contribution is 6.18. The molecule has 2 aliphatic heterocycles. The average molecular weight is 247 g/mol. The van der Waals surface area contributed by atoms with Crippen LogP contribution in [0.15, 0.2) is 0 Å². The molecule has 0 saturated carbocycles. The summed E-state index contributed by atoms with van der Waals surface area (Å²) in [5.41, 5.74) is 0.262. The van der Waals surface area contributed by atoms with Crippen molar-refractivity contribution in [3.05, 3.63) is 0 Å². The first-order valence-corrected chi connectivity index (χ1v) is 7.13. The summed E-state index contributed by atoms with van der Waals surface area (Å²) in [5.74, 6) is 0.749. The molecule has 3 heteroatoms. The Hall–Kier alpha value is 0.210. The molecule has 2 heterocycles. The molecule has 0 aliphatic carbocycles. The molecule has 0 N–H and O–H groups in total. The van der Waals surface area contributed by atoms with Crippen molar-refractivity contribution in [2.45, 2.75) is 51.0 Å². The summed E-state index contributed by atoms with van der Waals surface area (Å²) in [6.45, 7) is 2.75. The second kappa shape index (κ2) is 6.23. The number of rotatable bonds is 5. The highest BCUT2D eigenvalue weighted by atomic mass is 35.5. The monoisotopic (exact) mass is 246 g/mol. The number of hydrogen-bond donors (Lipinski definition) is 0. The van der Waals surface area contributed by atoms with Gasteiger partial charge in [-0.15, -0.1) is 11.6 Å². The molecule has 2 fully saturated rings. The number of hydrogen-bond acceptors (Lipinski definition) is 2. The van der Waals surface area contributed by atoms with Gasteiger partial charge in [-0.25, -0.2) is 0 Å². The van der Waals surface area contributed by atoms with E-state index in [-0.39, 0.29) is 5.41 Å². The van der Waals surface area contributed by atoms with Gasteiger partial charge in [0.1, 0.15) is 0 Å². The maximum absolute atomic E-state index is 6.12. The minimum atomic E-state index is 0.262. The highest BCUT2D eigenvalue weighted by Gasteiger charge is 2.31. The quantitative estimate of drug-likeness (QED) is 0.693. The van der Waals surface area contributed by atoms with Crippen molar-refractivity contribution in [1.29, 1.82) is 0 Å². The molecule has 2 aliphatic rings. The Morgan fingerprint density at radius 1 is 1.25 bits per heavy atom. The van der Waals surface area contributed by atoms with Crippen LogP contribution in [0.4, 0.5) is 0 Å². The van der Waals surface area contributed by atoms with E-state index in [0.29, 0.717) is 6.10 Å². The first-order valence-electron chi connectivity index (χ1n) is 6.60. The molecule has 2 unspecified atom stereocenters. The highest BCUT2D eigenvalue weighted by Crippen LogP contribution is 2.35. The lowest BCUT2D eigenvalue weighted by Gasteiger charge is -2.35. The van der Waals surface area contributed by atoms with E-state index in [9.17, 15) is 0 Å². The van der Waals surface area contributed by atoms with Crippen molar-refractivity contribution in [3.63, 3.8) is 0 Å². The normalized spacial score (nSPS) is 35.4. The molecule has 0 aromatic rings. The third-order valence-corrected chi connectivity index (χ3v) is 4.51. The molecule has 0 aromatic carbocycles. The van der Waals surface area contributed by atoms with E-state index in [0.717, 1.165) is 25.7 Å². The zero-order valence-electron chi connectivity index (χ0n) is 10.0. The van der Waals surface area contributed by atoms with Gasteiger partial charge in [-0.3, -0.25) is 0 Å². The molecule has 2 atom stereocenters. The SMILES string of the molecule is ClCC1(CCCC2CCCO2)CCCOC1. The fraction of sp³-hybridized carbons (Fsp3) is 1.00. The van der Waals surface area contributed by atoms with Crippen LogP contribution in [-0.4, -0.2) is 31.8 Å². The summed E-state index contributed by atoms with van der Waals surface area (Å²) >= 11 is 6.12. The lowest BCUT2D eigenvalue weighted by Crippen LogP contribution is -2.33. The summed E-state index contributed by atoms with van der Waals surface area (Å²) in [4.78, 5) is 0. The Morgan fingerprint density at radius 3 is 2.81 bits per heavy atom. The average Bonchev–Trinajstić information content (AvgIpc) is 2.83. The van der Waals surface area contributed by atoms with Crippen LogP contribution in [0.2, 0.25) is 0 Å². The Morgan fingerprint density at radius 2 is 2.19 bits per heavy atom. The Bertz CT molecular complexity index is 196. The van der Waals surface area contributed by atoms with E-state index in [4.69, 9.17) is 21.1 Å². The predicted molar refractivity (Wildman–Crippen MR) is 66.0 cm³/mol. The van der Waals surface area contributed by atoms with Crippen LogP contribution in [-0.2, 0) is 9.47 Å². The van der Waals surface area contributed by atoms with Gasteiger partial charge in [0.25, 0.3) is 0 Å². The van der Waals surface area contributed by atoms with Gasteiger partial charge in [0.15, 0.2) is 0 Å². The summed E-state index contributed by atoms with van der Waals surface area (Å²) in [6.07, 6.45) is 9.08. The lowest BCUT2D eigenvalue weighted by molar-refractivity contribution is -0.00335. The Kier molecular flexibility index (Phi) is 4.93. The van der Waals surface area contributed by atoms with Crippen LogP contribution >= 0.6 is 11.6 Å². The molecule has 94 valence electrons. The maximum Gasteiger partial charge on any atom is 0.0576 e. The van der Waals surface area contributed by atoms with Gasteiger partial charge in [-0.1, -0.05) is 6.42 Å². The van der Waals surface area contributed by atoms with Crippen LogP contribution < -0.4 is 0 Å². The van der Waals surface area contributed by atoms with Gasteiger partial charge in [0.2, 0.25) is 0 Å². The predicted octanol–water partition coefficient (Wildman–Crippen LogP) is 3.37. The maximum atomic E-state index is 6.12. The first-order chi connectivity index (χ1) is 7.85. The fourth-order valence-corrected chi connectivity index (χ4v) is 3.20. The summed E-state index contributed by atoms with van der Waals surface area (Å²) in [7, 11) is 0. The van der Waals surface area contributed by atoms with Gasteiger partial charge in [0.05, 0.1) is 12.7 Å². The van der Waals surface area contributed by atoms with Crippen molar-refractivity contribution >= 4 is 11.6 Å². The third kappa shape index (κ3) is 3.35. The molecular weight excluding hydrogens is 224 g/mol. The van der Waals surface area contributed by atoms with Crippen LogP contribution in [0.25, 0.3) is 0 Å². The zero-order chi connectivity index (χ0) is 11.3. The largest absolute Gasteiger partial charge is 0.381 e. The summed E-state index contributed by atoms with van der Waals surface area (Å²) in [5, 5.41) is 0. The minimum Gasteiger partial charge on any atom is -0.381 e. The number of halogens is 1. The van der Waals surface area contributed by atoms with E-state index in [2.05, 4.69) is 0 Å². The smallest absolute Gasteiger partial charge is 0.0576 e. The molecule has 0 amide bonds. The van der Waals surface area contributed by atoms with E-state index in [1.807, 2.05) is 0 Å². The van der Waals surface area contributed by atoms with Gasteiger partial charge >= 0.3 is 0 Å². The molecule has 0 radical (unpaired) electrons. The molecule has 0 spiro atoms. The topological polar surface area (TPSA) is 18.5 Å².